The zero-order valence-electron chi connectivity index (χ0n) is 18.8. The lowest BCUT2D eigenvalue weighted by atomic mass is 10.1. The van der Waals surface area contributed by atoms with Crippen LogP contribution >= 0.6 is 0 Å². The zero-order valence-corrected chi connectivity index (χ0v) is 18.8. The summed E-state index contributed by atoms with van der Waals surface area (Å²) in [7, 11) is 0. The molecule has 5 rings (SSSR count). The van der Waals surface area contributed by atoms with E-state index in [2.05, 4.69) is 9.88 Å². The van der Waals surface area contributed by atoms with E-state index in [9.17, 15) is 13.2 Å². The van der Waals surface area contributed by atoms with Crippen LogP contribution in [0.5, 0.6) is 11.5 Å². The van der Waals surface area contributed by atoms with E-state index in [0.29, 0.717) is 43.3 Å². The molecule has 0 unspecified atom stereocenters. The van der Waals surface area contributed by atoms with Gasteiger partial charge in [-0.1, -0.05) is 36.4 Å². The number of aromatic nitrogens is 2. The first-order valence-corrected chi connectivity index (χ1v) is 11.3. The molecule has 178 valence electrons. The highest BCUT2D eigenvalue weighted by Gasteiger charge is 2.31. The smallest absolute Gasteiger partial charge is 0.416 e. The molecule has 1 aliphatic heterocycles. The molecule has 0 radical (unpaired) electrons. The molecule has 3 aromatic carbocycles. The van der Waals surface area contributed by atoms with Crippen molar-refractivity contribution in [1.82, 2.24) is 9.97 Å². The maximum atomic E-state index is 13.1. The maximum absolute atomic E-state index is 13.1. The van der Waals surface area contributed by atoms with Gasteiger partial charge in [-0.3, -0.25) is 4.98 Å². The fraction of sp³-hybridized carbons (Fsp3) is 0.185. The lowest BCUT2D eigenvalue weighted by Crippen LogP contribution is -2.47. The van der Waals surface area contributed by atoms with Crippen molar-refractivity contribution in [2.24, 2.45) is 0 Å². The molecule has 5 nitrogen and oxygen atoms in total. The second-order valence-electron chi connectivity index (χ2n) is 8.20. The van der Waals surface area contributed by atoms with Gasteiger partial charge in [-0.25, -0.2) is 4.98 Å². The molecule has 4 aromatic rings. The fourth-order valence-electron chi connectivity index (χ4n) is 4.09. The number of para-hydroxylation sites is 2. The lowest BCUT2D eigenvalue weighted by molar-refractivity contribution is -0.137. The number of ether oxygens (including phenoxy) is 1. The van der Waals surface area contributed by atoms with E-state index in [4.69, 9.17) is 9.72 Å². The quantitative estimate of drug-likeness (QED) is 0.339. The largest absolute Gasteiger partial charge is 0.457 e. The Hall–Kier alpha value is -4.07. The Morgan fingerprint density at radius 3 is 2.23 bits per heavy atom. The number of piperazine rings is 1. The van der Waals surface area contributed by atoms with Gasteiger partial charge < -0.3 is 14.5 Å². The molecule has 1 aliphatic rings. The summed E-state index contributed by atoms with van der Waals surface area (Å²) in [6.45, 7) is 2.41. The normalized spacial score (nSPS) is 14.1. The summed E-state index contributed by atoms with van der Waals surface area (Å²) in [5, 5.41) is 0. The van der Waals surface area contributed by atoms with Crippen LogP contribution < -0.4 is 14.5 Å². The van der Waals surface area contributed by atoms with Gasteiger partial charge in [-0.05, 0) is 42.5 Å². The number of hydrogen-bond acceptors (Lipinski definition) is 5. The number of anilines is 2. The molecule has 0 amide bonds. The van der Waals surface area contributed by atoms with E-state index in [1.165, 1.54) is 12.1 Å². The average molecular weight is 477 g/mol. The summed E-state index contributed by atoms with van der Waals surface area (Å²) in [6, 6.07) is 22.7. The number of benzene rings is 3. The third-order valence-electron chi connectivity index (χ3n) is 5.90. The number of rotatable bonds is 5. The number of halogens is 3. The third kappa shape index (κ3) is 5.21. The van der Waals surface area contributed by atoms with Crippen LogP contribution in [0.25, 0.3) is 11.3 Å². The Bertz CT molecular complexity index is 1290. The molecule has 0 aliphatic carbocycles. The molecule has 1 aromatic heterocycles. The van der Waals surface area contributed by atoms with Gasteiger partial charge in [-0.2, -0.15) is 13.2 Å². The molecule has 0 bridgehead atoms. The Kier molecular flexibility index (Phi) is 6.27. The monoisotopic (exact) mass is 476 g/mol. The van der Waals surface area contributed by atoms with Gasteiger partial charge in [0.25, 0.3) is 0 Å². The molecular formula is C27H23F3N4O. The van der Waals surface area contributed by atoms with Gasteiger partial charge in [-0.15, -0.1) is 0 Å². The minimum Gasteiger partial charge on any atom is -0.457 e. The van der Waals surface area contributed by atoms with Gasteiger partial charge in [0.2, 0.25) is 0 Å². The molecule has 1 saturated heterocycles. The molecule has 0 saturated carbocycles. The predicted octanol–water partition coefficient (Wildman–Crippen LogP) is 6.28. The van der Waals surface area contributed by atoms with Crippen LogP contribution in [0.4, 0.5) is 24.7 Å². The first-order valence-electron chi connectivity index (χ1n) is 11.3. The van der Waals surface area contributed by atoms with Crippen LogP contribution in [0.2, 0.25) is 0 Å². The van der Waals surface area contributed by atoms with Crippen molar-refractivity contribution in [3.63, 3.8) is 0 Å². The SMILES string of the molecule is FC(F)(F)c1cccc(N2CCN(c3cncc(-c4ccccc4Oc4ccccc4)n3)CC2)c1. The van der Waals surface area contributed by atoms with Crippen LogP contribution in [-0.2, 0) is 6.18 Å². The summed E-state index contributed by atoms with van der Waals surface area (Å²) in [6.07, 6.45) is -0.936. The molecule has 2 heterocycles. The van der Waals surface area contributed by atoms with E-state index >= 15 is 0 Å². The van der Waals surface area contributed by atoms with E-state index in [1.54, 1.807) is 18.5 Å². The first kappa shape index (κ1) is 22.7. The molecule has 0 atom stereocenters. The van der Waals surface area contributed by atoms with Crippen molar-refractivity contribution >= 4 is 11.5 Å². The summed E-state index contributed by atoms with van der Waals surface area (Å²) in [5.41, 5.74) is 1.46. The van der Waals surface area contributed by atoms with Crippen molar-refractivity contribution < 1.29 is 17.9 Å². The van der Waals surface area contributed by atoms with Gasteiger partial charge in [0, 0.05) is 37.4 Å². The molecular weight excluding hydrogens is 453 g/mol. The number of alkyl halides is 3. The highest BCUT2D eigenvalue weighted by atomic mass is 19.4. The highest BCUT2D eigenvalue weighted by Crippen LogP contribution is 2.34. The van der Waals surface area contributed by atoms with E-state index in [-0.39, 0.29) is 0 Å². The van der Waals surface area contributed by atoms with E-state index in [0.717, 1.165) is 23.2 Å². The summed E-state index contributed by atoms with van der Waals surface area (Å²) in [5.74, 6) is 2.13. The van der Waals surface area contributed by atoms with Crippen molar-refractivity contribution in [3.8, 4) is 22.8 Å². The maximum Gasteiger partial charge on any atom is 0.416 e. The topological polar surface area (TPSA) is 41.5 Å². The Balaban J connectivity index is 1.32. The van der Waals surface area contributed by atoms with Gasteiger partial charge >= 0.3 is 6.18 Å². The van der Waals surface area contributed by atoms with Crippen molar-refractivity contribution in [3.05, 3.63) is 96.8 Å². The van der Waals surface area contributed by atoms with Gasteiger partial charge in [0.1, 0.15) is 17.3 Å². The van der Waals surface area contributed by atoms with Crippen LogP contribution in [0.3, 0.4) is 0 Å². The van der Waals surface area contributed by atoms with Crippen LogP contribution in [0.1, 0.15) is 5.56 Å². The lowest BCUT2D eigenvalue weighted by Gasteiger charge is -2.36. The number of nitrogens with zero attached hydrogens (tertiary/aromatic N) is 4. The fourth-order valence-corrected chi connectivity index (χ4v) is 4.09. The zero-order chi connectivity index (χ0) is 24.3. The minimum absolute atomic E-state index is 0.575. The van der Waals surface area contributed by atoms with E-state index < -0.39 is 11.7 Å². The van der Waals surface area contributed by atoms with E-state index in [1.807, 2.05) is 59.5 Å². The molecule has 0 spiro atoms. The average Bonchev–Trinajstić information content (AvgIpc) is 2.89. The van der Waals surface area contributed by atoms with Crippen LogP contribution in [0, 0.1) is 0 Å². The molecule has 8 heteroatoms. The third-order valence-corrected chi connectivity index (χ3v) is 5.90. The summed E-state index contributed by atoms with van der Waals surface area (Å²) < 4.78 is 45.4. The Labute approximate surface area is 201 Å². The van der Waals surface area contributed by atoms with Crippen molar-refractivity contribution in [2.75, 3.05) is 36.0 Å². The first-order chi connectivity index (χ1) is 17.0. The van der Waals surface area contributed by atoms with Gasteiger partial charge in [0.15, 0.2) is 0 Å². The van der Waals surface area contributed by atoms with Crippen LogP contribution in [0.15, 0.2) is 91.3 Å². The predicted molar refractivity (Wildman–Crippen MR) is 130 cm³/mol. The van der Waals surface area contributed by atoms with Crippen molar-refractivity contribution in [1.29, 1.82) is 0 Å². The molecule has 35 heavy (non-hydrogen) atoms. The molecule has 1 fully saturated rings. The second-order valence-corrected chi connectivity index (χ2v) is 8.20. The Morgan fingerprint density at radius 2 is 1.46 bits per heavy atom. The van der Waals surface area contributed by atoms with Crippen molar-refractivity contribution in [2.45, 2.75) is 6.18 Å². The van der Waals surface area contributed by atoms with Gasteiger partial charge in [0.05, 0.1) is 23.7 Å². The summed E-state index contributed by atoms with van der Waals surface area (Å²) in [4.78, 5) is 13.3. The van der Waals surface area contributed by atoms with Crippen LogP contribution in [-0.4, -0.2) is 36.1 Å². The number of hydrogen-bond donors (Lipinski definition) is 0. The Morgan fingerprint density at radius 1 is 0.743 bits per heavy atom. The molecule has 0 N–H and O–H groups in total. The highest BCUT2D eigenvalue weighted by molar-refractivity contribution is 5.68. The minimum atomic E-state index is -4.35. The second kappa shape index (κ2) is 9.66. The summed E-state index contributed by atoms with van der Waals surface area (Å²) >= 11 is 0. The standard InChI is InChI=1S/C27H23F3N4O/c28-27(29,30)20-7-6-8-21(17-20)33-13-15-34(16-14-33)26-19-31-18-24(32-26)23-11-4-5-12-25(23)35-22-9-2-1-3-10-22/h1-12,17-19H,13-16H2.